The van der Waals surface area contributed by atoms with Gasteiger partial charge in [0.25, 0.3) is 0 Å². The average molecular weight is 269 g/mol. The Hall–Kier alpha value is -1.62. The van der Waals surface area contributed by atoms with Gasteiger partial charge < -0.3 is 0 Å². The molecule has 1 unspecified atom stereocenters. The summed E-state index contributed by atoms with van der Waals surface area (Å²) in [7, 11) is 0. The minimum Gasteiger partial charge on any atom is -0.298 e. The Balaban J connectivity index is 2.17. The summed E-state index contributed by atoms with van der Waals surface area (Å²) in [5, 5.41) is 9.42. The van der Waals surface area contributed by atoms with Crippen LogP contribution in [0.15, 0.2) is 18.2 Å². The molecule has 0 bridgehead atoms. The van der Waals surface area contributed by atoms with Crippen molar-refractivity contribution in [2.24, 2.45) is 11.8 Å². The first-order valence-corrected chi connectivity index (χ1v) is 7.53. The van der Waals surface area contributed by atoms with Crippen LogP contribution >= 0.6 is 0 Å². The van der Waals surface area contributed by atoms with Crippen LogP contribution in [0.4, 0.5) is 0 Å². The third kappa shape index (κ3) is 3.10. The fraction of sp³-hybridized carbons (Fsp3) is 0.556. The molecule has 1 aromatic rings. The fourth-order valence-corrected chi connectivity index (χ4v) is 3.03. The number of nitrogens with zero attached hydrogens (tertiary/aromatic N) is 1. The van der Waals surface area contributed by atoms with Crippen molar-refractivity contribution in [1.29, 1.82) is 5.26 Å². The third-order valence-corrected chi connectivity index (χ3v) is 4.70. The molecular weight excluding hydrogens is 246 g/mol. The second-order valence-corrected chi connectivity index (χ2v) is 6.26. The molecule has 1 aliphatic rings. The molecule has 1 aromatic carbocycles. The first-order chi connectivity index (χ1) is 9.52. The summed E-state index contributed by atoms with van der Waals surface area (Å²) < 4.78 is 0. The van der Waals surface area contributed by atoms with Crippen LogP contribution in [-0.4, -0.2) is 5.78 Å². The van der Waals surface area contributed by atoms with E-state index in [1.807, 2.05) is 32.0 Å². The first-order valence-electron chi connectivity index (χ1n) is 7.53. The molecule has 106 valence electrons. The monoisotopic (exact) mass is 269 g/mol. The van der Waals surface area contributed by atoms with Crippen LogP contribution in [0.2, 0.25) is 0 Å². The molecule has 20 heavy (non-hydrogen) atoms. The highest BCUT2D eigenvalue weighted by Gasteiger charge is 2.30. The smallest absolute Gasteiger partial charge is 0.157 e. The third-order valence-electron chi connectivity index (χ3n) is 4.70. The molecule has 1 atom stereocenters. The summed E-state index contributed by atoms with van der Waals surface area (Å²) in [4.78, 5) is 12.6. The van der Waals surface area contributed by atoms with Crippen molar-refractivity contribution in [3.8, 4) is 6.07 Å². The van der Waals surface area contributed by atoms with Crippen molar-refractivity contribution >= 4 is 5.78 Å². The van der Waals surface area contributed by atoms with E-state index >= 15 is 0 Å². The topological polar surface area (TPSA) is 40.9 Å². The number of rotatable bonds is 3. The second-order valence-electron chi connectivity index (χ2n) is 6.26. The average Bonchev–Trinajstić information content (AvgIpc) is 2.44. The summed E-state index contributed by atoms with van der Waals surface area (Å²) in [6.07, 6.45) is 4.12. The molecule has 0 N–H and O–H groups in total. The van der Waals surface area contributed by atoms with E-state index in [2.05, 4.69) is 13.0 Å². The lowest BCUT2D eigenvalue weighted by Gasteiger charge is -2.26. The zero-order valence-corrected chi connectivity index (χ0v) is 12.6. The van der Waals surface area contributed by atoms with Crippen LogP contribution in [0.3, 0.4) is 0 Å². The van der Waals surface area contributed by atoms with Gasteiger partial charge in [-0.05, 0) is 49.3 Å². The SMILES string of the molecule is Cc1ccc(C(C#N)C(=O)C2CCC(C)CC2)cc1C. The minimum atomic E-state index is -0.590. The van der Waals surface area contributed by atoms with Gasteiger partial charge in [0.05, 0.1) is 6.07 Å². The van der Waals surface area contributed by atoms with Crippen LogP contribution in [0, 0.1) is 37.0 Å². The summed E-state index contributed by atoms with van der Waals surface area (Å²) in [5.74, 6) is 0.342. The number of hydrogen-bond acceptors (Lipinski definition) is 2. The molecule has 0 radical (unpaired) electrons. The van der Waals surface area contributed by atoms with E-state index in [9.17, 15) is 10.1 Å². The number of ketones is 1. The predicted octanol–water partition coefficient (Wildman–Crippen LogP) is 4.31. The van der Waals surface area contributed by atoms with Gasteiger partial charge in [0.15, 0.2) is 5.78 Å². The van der Waals surface area contributed by atoms with Crippen LogP contribution in [0.1, 0.15) is 55.2 Å². The molecule has 2 heteroatoms. The van der Waals surface area contributed by atoms with Crippen molar-refractivity contribution in [2.45, 2.75) is 52.4 Å². The van der Waals surface area contributed by atoms with Crippen LogP contribution in [-0.2, 0) is 4.79 Å². The van der Waals surface area contributed by atoms with Crippen LogP contribution < -0.4 is 0 Å². The molecule has 2 nitrogen and oxygen atoms in total. The Morgan fingerprint density at radius 1 is 1.20 bits per heavy atom. The predicted molar refractivity (Wildman–Crippen MR) is 80.4 cm³/mol. The first kappa shape index (κ1) is 14.8. The maximum atomic E-state index is 12.6. The van der Waals surface area contributed by atoms with E-state index in [1.165, 1.54) is 5.56 Å². The number of aryl methyl sites for hydroxylation is 2. The normalized spacial score (nSPS) is 23.9. The van der Waals surface area contributed by atoms with Gasteiger partial charge in [-0.25, -0.2) is 0 Å². The van der Waals surface area contributed by atoms with Gasteiger partial charge in [0, 0.05) is 5.92 Å². The lowest BCUT2D eigenvalue weighted by molar-refractivity contribution is -0.124. The van der Waals surface area contributed by atoms with E-state index in [0.29, 0.717) is 0 Å². The van der Waals surface area contributed by atoms with E-state index in [1.54, 1.807) is 0 Å². The minimum absolute atomic E-state index is 0.0810. The largest absolute Gasteiger partial charge is 0.298 e. The number of carbonyl (C=O) groups is 1. The van der Waals surface area contributed by atoms with Crippen LogP contribution in [0.25, 0.3) is 0 Å². The molecular formula is C18H23NO. The van der Waals surface area contributed by atoms with Gasteiger partial charge >= 0.3 is 0 Å². The maximum Gasteiger partial charge on any atom is 0.157 e. The van der Waals surface area contributed by atoms with Gasteiger partial charge in [-0.1, -0.05) is 38.0 Å². The molecule has 1 aliphatic carbocycles. The van der Waals surface area contributed by atoms with Gasteiger partial charge in [0.2, 0.25) is 0 Å². The molecule has 0 amide bonds. The molecule has 0 aliphatic heterocycles. The Labute approximate surface area is 121 Å². The highest BCUT2D eigenvalue weighted by molar-refractivity contribution is 5.90. The molecule has 0 saturated heterocycles. The van der Waals surface area contributed by atoms with Gasteiger partial charge in [-0.15, -0.1) is 0 Å². The lowest BCUT2D eigenvalue weighted by atomic mass is 9.76. The Kier molecular flexibility index (Phi) is 4.60. The molecule has 0 heterocycles. The molecule has 1 fully saturated rings. The summed E-state index contributed by atoms with van der Waals surface area (Å²) in [6, 6.07) is 8.15. The quantitative estimate of drug-likeness (QED) is 0.820. The van der Waals surface area contributed by atoms with Crippen molar-refractivity contribution < 1.29 is 4.79 Å². The Bertz CT molecular complexity index is 533. The summed E-state index contributed by atoms with van der Waals surface area (Å²) in [5.41, 5.74) is 3.21. The summed E-state index contributed by atoms with van der Waals surface area (Å²) in [6.45, 7) is 6.32. The van der Waals surface area contributed by atoms with Crippen molar-refractivity contribution in [3.63, 3.8) is 0 Å². The Morgan fingerprint density at radius 3 is 2.40 bits per heavy atom. The second kappa shape index (κ2) is 6.22. The number of benzene rings is 1. The summed E-state index contributed by atoms with van der Waals surface area (Å²) >= 11 is 0. The van der Waals surface area contributed by atoms with E-state index in [4.69, 9.17) is 0 Å². The Morgan fingerprint density at radius 2 is 1.85 bits per heavy atom. The molecule has 0 spiro atoms. The highest BCUT2D eigenvalue weighted by atomic mass is 16.1. The van der Waals surface area contributed by atoms with Gasteiger partial charge in [-0.2, -0.15) is 5.26 Å². The van der Waals surface area contributed by atoms with Crippen molar-refractivity contribution in [1.82, 2.24) is 0 Å². The zero-order valence-electron chi connectivity index (χ0n) is 12.6. The molecule has 0 aromatic heterocycles. The van der Waals surface area contributed by atoms with E-state index in [0.717, 1.165) is 42.7 Å². The standard InChI is InChI=1S/C18H23NO/c1-12-4-7-15(8-5-12)18(20)17(11-19)16-9-6-13(2)14(3)10-16/h6,9-10,12,15,17H,4-5,7-8H2,1-3H3. The lowest BCUT2D eigenvalue weighted by Crippen LogP contribution is -2.25. The number of carbonyl (C=O) groups excluding carboxylic acids is 1. The zero-order chi connectivity index (χ0) is 14.7. The van der Waals surface area contributed by atoms with Gasteiger partial charge in [-0.3, -0.25) is 4.79 Å². The van der Waals surface area contributed by atoms with Crippen LogP contribution in [0.5, 0.6) is 0 Å². The van der Waals surface area contributed by atoms with Gasteiger partial charge in [0.1, 0.15) is 5.92 Å². The van der Waals surface area contributed by atoms with E-state index in [-0.39, 0.29) is 11.7 Å². The van der Waals surface area contributed by atoms with E-state index < -0.39 is 5.92 Å². The van der Waals surface area contributed by atoms with Crippen molar-refractivity contribution in [3.05, 3.63) is 34.9 Å². The molecule has 2 rings (SSSR count). The highest BCUT2D eigenvalue weighted by Crippen LogP contribution is 2.33. The molecule has 1 saturated carbocycles. The number of nitriles is 1. The van der Waals surface area contributed by atoms with Crippen molar-refractivity contribution in [2.75, 3.05) is 0 Å². The maximum absolute atomic E-state index is 12.6. The number of hydrogen-bond donors (Lipinski definition) is 0. The fourth-order valence-electron chi connectivity index (χ4n) is 3.03. The number of Topliss-reactive ketones (excluding diaryl/α,β-unsaturated/α-hetero) is 1.